The molecule has 172 valence electrons. The van der Waals surface area contributed by atoms with E-state index in [1.807, 2.05) is 12.1 Å². The van der Waals surface area contributed by atoms with E-state index in [0.717, 1.165) is 32.1 Å². The highest BCUT2D eigenvalue weighted by Crippen LogP contribution is 2.39. The summed E-state index contributed by atoms with van der Waals surface area (Å²) in [6.07, 6.45) is 4.48. The first-order valence-corrected chi connectivity index (χ1v) is 11.0. The molecule has 33 heavy (non-hydrogen) atoms. The van der Waals surface area contributed by atoms with E-state index in [0.29, 0.717) is 28.3 Å². The van der Waals surface area contributed by atoms with Crippen LogP contribution in [0.1, 0.15) is 48.0 Å². The minimum Gasteiger partial charge on any atom is -0.497 e. The summed E-state index contributed by atoms with van der Waals surface area (Å²) in [4.78, 5) is 44.4. The third-order valence-electron chi connectivity index (χ3n) is 6.18. The van der Waals surface area contributed by atoms with E-state index >= 15 is 0 Å². The van der Waals surface area contributed by atoms with Gasteiger partial charge in [0.05, 0.1) is 19.8 Å². The molecule has 1 aliphatic carbocycles. The number of amides is 2. The lowest BCUT2D eigenvalue weighted by molar-refractivity contribution is -0.134. The normalized spacial score (nSPS) is 17.0. The molecule has 2 amide bonds. The number of hydrogen-bond acceptors (Lipinski definition) is 6. The fraction of sp³-hybridized carbons (Fsp3) is 0.360. The molecule has 0 unspecified atom stereocenters. The maximum Gasteiger partial charge on any atom is 0.337 e. The monoisotopic (exact) mass is 449 g/mol. The molecule has 0 aromatic heterocycles. The Morgan fingerprint density at radius 1 is 1.00 bits per heavy atom. The number of methoxy groups -OCH3 is 2. The van der Waals surface area contributed by atoms with Crippen LogP contribution in [-0.4, -0.2) is 54.8 Å². The molecule has 0 atom stereocenters. The van der Waals surface area contributed by atoms with Gasteiger partial charge in [-0.3, -0.25) is 14.6 Å². The maximum absolute atomic E-state index is 13.4. The molecule has 8 nitrogen and oxygen atoms in total. The molecule has 1 N–H and O–H groups in total. The van der Waals surface area contributed by atoms with Gasteiger partial charge >= 0.3 is 5.97 Å². The number of hydrogen-bond donors (Lipinski definition) is 1. The second kappa shape index (κ2) is 9.44. The molecule has 2 aromatic carbocycles. The number of carbonyl (C=O) groups is 3. The Labute approximate surface area is 192 Å². The lowest BCUT2D eigenvalue weighted by Gasteiger charge is -2.38. The highest BCUT2D eigenvalue weighted by atomic mass is 16.5. The predicted molar refractivity (Wildman–Crippen MR) is 123 cm³/mol. The van der Waals surface area contributed by atoms with Crippen LogP contribution in [0.15, 0.2) is 53.5 Å². The Morgan fingerprint density at radius 2 is 1.67 bits per heavy atom. The summed E-state index contributed by atoms with van der Waals surface area (Å²) in [5.41, 5.74) is 1.34. The molecule has 1 fully saturated rings. The molecular formula is C25H27N3O5. The smallest absolute Gasteiger partial charge is 0.337 e. The summed E-state index contributed by atoms with van der Waals surface area (Å²) in [6.45, 7) is -0.0965. The average Bonchev–Trinajstić information content (AvgIpc) is 3.10. The third kappa shape index (κ3) is 4.60. The summed E-state index contributed by atoms with van der Waals surface area (Å²) < 4.78 is 9.90. The van der Waals surface area contributed by atoms with Crippen LogP contribution in [-0.2, 0) is 14.3 Å². The van der Waals surface area contributed by atoms with Gasteiger partial charge in [0, 0.05) is 11.3 Å². The van der Waals surface area contributed by atoms with Crippen LogP contribution in [0.5, 0.6) is 5.75 Å². The predicted octanol–water partition coefficient (Wildman–Crippen LogP) is 3.41. The fourth-order valence-electron chi connectivity index (χ4n) is 4.44. The first-order valence-electron chi connectivity index (χ1n) is 11.0. The van der Waals surface area contributed by atoms with E-state index in [4.69, 9.17) is 14.5 Å². The zero-order valence-electron chi connectivity index (χ0n) is 18.8. The van der Waals surface area contributed by atoms with Gasteiger partial charge in [0.15, 0.2) is 0 Å². The number of nitrogens with zero attached hydrogens (tertiary/aromatic N) is 2. The van der Waals surface area contributed by atoms with E-state index in [1.54, 1.807) is 48.4 Å². The second-order valence-electron chi connectivity index (χ2n) is 8.24. The Balaban J connectivity index is 1.52. The van der Waals surface area contributed by atoms with Gasteiger partial charge in [-0.2, -0.15) is 0 Å². The molecule has 1 aliphatic heterocycles. The molecule has 0 radical (unpaired) electrons. The minimum atomic E-state index is -0.684. The van der Waals surface area contributed by atoms with Crippen LogP contribution in [0.25, 0.3) is 0 Å². The van der Waals surface area contributed by atoms with Gasteiger partial charge in [0.2, 0.25) is 5.91 Å². The standard InChI is InChI=1S/C25H27N3O5/c1-32-20-12-8-17(9-13-20)22-23(30)28(25(27-22)14-4-3-5-15-25)16-21(29)26-19-10-6-18(7-11-19)24(31)33-2/h6-13H,3-5,14-16H2,1-2H3,(H,26,29). The van der Waals surface area contributed by atoms with Gasteiger partial charge < -0.3 is 19.7 Å². The number of aliphatic imine (C=N–C) groups is 1. The molecular weight excluding hydrogens is 422 g/mol. The Bertz CT molecular complexity index is 1070. The maximum atomic E-state index is 13.4. The average molecular weight is 450 g/mol. The van der Waals surface area contributed by atoms with Crippen LogP contribution in [0.2, 0.25) is 0 Å². The first kappa shape index (κ1) is 22.5. The van der Waals surface area contributed by atoms with Gasteiger partial charge in [0.25, 0.3) is 5.91 Å². The van der Waals surface area contributed by atoms with Crippen molar-refractivity contribution in [2.75, 3.05) is 26.1 Å². The summed E-state index contributed by atoms with van der Waals surface area (Å²) in [5, 5.41) is 2.81. The molecule has 1 saturated carbocycles. The number of benzene rings is 2. The zero-order chi connectivity index (χ0) is 23.4. The van der Waals surface area contributed by atoms with Crippen molar-refractivity contribution in [2.45, 2.75) is 37.8 Å². The Kier molecular flexibility index (Phi) is 6.44. The van der Waals surface area contributed by atoms with Crippen molar-refractivity contribution in [1.82, 2.24) is 4.90 Å². The Hall–Kier alpha value is -3.68. The molecule has 1 heterocycles. The number of anilines is 1. The number of ether oxygens (including phenoxy) is 2. The molecule has 0 saturated heterocycles. The van der Waals surface area contributed by atoms with E-state index in [1.165, 1.54) is 7.11 Å². The van der Waals surface area contributed by atoms with Gasteiger partial charge in [0.1, 0.15) is 23.7 Å². The highest BCUT2D eigenvalue weighted by Gasteiger charge is 2.48. The molecule has 1 spiro atoms. The summed E-state index contributed by atoms with van der Waals surface area (Å²) in [5.74, 6) is -0.298. The van der Waals surface area contributed by atoms with Crippen molar-refractivity contribution in [1.29, 1.82) is 0 Å². The van der Waals surface area contributed by atoms with Crippen molar-refractivity contribution < 1.29 is 23.9 Å². The first-order chi connectivity index (χ1) is 16.0. The highest BCUT2D eigenvalue weighted by molar-refractivity contribution is 6.47. The molecule has 8 heteroatoms. The van der Waals surface area contributed by atoms with E-state index in [-0.39, 0.29) is 18.4 Å². The lowest BCUT2D eigenvalue weighted by Crippen LogP contribution is -2.51. The lowest BCUT2D eigenvalue weighted by atomic mass is 9.88. The van der Waals surface area contributed by atoms with Crippen molar-refractivity contribution in [3.05, 3.63) is 59.7 Å². The van der Waals surface area contributed by atoms with E-state index < -0.39 is 11.6 Å². The molecule has 2 aliphatic rings. The van der Waals surface area contributed by atoms with Gasteiger partial charge in [-0.25, -0.2) is 4.79 Å². The van der Waals surface area contributed by atoms with Crippen molar-refractivity contribution in [3.8, 4) is 5.75 Å². The van der Waals surface area contributed by atoms with Gasteiger partial charge in [-0.1, -0.05) is 6.42 Å². The number of carbonyl (C=O) groups excluding carboxylic acids is 3. The van der Waals surface area contributed by atoms with E-state index in [2.05, 4.69) is 5.32 Å². The Morgan fingerprint density at radius 3 is 2.27 bits per heavy atom. The van der Waals surface area contributed by atoms with Crippen molar-refractivity contribution in [2.24, 2.45) is 4.99 Å². The molecule has 0 bridgehead atoms. The quantitative estimate of drug-likeness (QED) is 0.682. The van der Waals surface area contributed by atoms with Gasteiger partial charge in [-0.05, 0) is 74.2 Å². The minimum absolute atomic E-state index is 0.0965. The number of esters is 1. The van der Waals surface area contributed by atoms with E-state index in [9.17, 15) is 14.4 Å². The van der Waals surface area contributed by atoms with Crippen LogP contribution >= 0.6 is 0 Å². The topological polar surface area (TPSA) is 97.3 Å². The second-order valence-corrected chi connectivity index (χ2v) is 8.24. The van der Waals surface area contributed by atoms with Crippen molar-refractivity contribution >= 4 is 29.2 Å². The summed E-state index contributed by atoms with van der Waals surface area (Å²) in [7, 11) is 2.90. The van der Waals surface area contributed by atoms with Crippen LogP contribution in [0.4, 0.5) is 5.69 Å². The van der Waals surface area contributed by atoms with Crippen LogP contribution < -0.4 is 10.1 Å². The third-order valence-corrected chi connectivity index (χ3v) is 6.18. The number of rotatable bonds is 6. The summed E-state index contributed by atoms with van der Waals surface area (Å²) >= 11 is 0. The summed E-state index contributed by atoms with van der Waals surface area (Å²) in [6, 6.07) is 13.7. The largest absolute Gasteiger partial charge is 0.497 e. The zero-order valence-corrected chi connectivity index (χ0v) is 18.8. The molecule has 2 aromatic rings. The molecule has 4 rings (SSSR count). The number of nitrogens with one attached hydrogen (secondary N) is 1. The van der Waals surface area contributed by atoms with Crippen LogP contribution in [0.3, 0.4) is 0 Å². The fourth-order valence-corrected chi connectivity index (χ4v) is 4.44. The van der Waals surface area contributed by atoms with Crippen molar-refractivity contribution in [3.63, 3.8) is 0 Å². The van der Waals surface area contributed by atoms with Crippen LogP contribution in [0, 0.1) is 0 Å². The SMILES string of the molecule is COC(=O)c1ccc(NC(=O)CN2C(=O)C(c3ccc(OC)cc3)=NC23CCCCC3)cc1. The van der Waals surface area contributed by atoms with Gasteiger partial charge in [-0.15, -0.1) is 0 Å².